The maximum Gasteiger partial charge on any atom is 0.322 e. The molecule has 1 aromatic carbocycles. The monoisotopic (exact) mass is 327 g/mol. The van der Waals surface area contributed by atoms with Crippen LogP contribution in [0.25, 0.3) is 5.69 Å². The van der Waals surface area contributed by atoms with Crippen LogP contribution in [0.3, 0.4) is 0 Å². The molecule has 0 bridgehead atoms. The fraction of sp³-hybridized carbons (Fsp3) is 0.353. The highest BCUT2D eigenvalue weighted by molar-refractivity contribution is 5.94. The number of benzene rings is 1. The Hall–Kier alpha value is -2.83. The lowest BCUT2D eigenvalue weighted by Gasteiger charge is -2.37. The Balaban J connectivity index is 1.73. The third-order valence-electron chi connectivity index (χ3n) is 4.00. The van der Waals surface area contributed by atoms with Crippen LogP contribution in [0.1, 0.15) is 13.8 Å². The van der Waals surface area contributed by atoms with Crippen LogP contribution in [-0.2, 0) is 4.79 Å². The molecule has 126 valence electrons. The van der Waals surface area contributed by atoms with E-state index in [1.54, 1.807) is 22.0 Å². The summed E-state index contributed by atoms with van der Waals surface area (Å²) < 4.78 is 1.69. The van der Waals surface area contributed by atoms with Crippen molar-refractivity contribution >= 4 is 17.6 Å². The van der Waals surface area contributed by atoms with E-state index in [0.717, 1.165) is 5.69 Å². The van der Waals surface area contributed by atoms with Crippen LogP contribution in [0.15, 0.2) is 42.7 Å². The van der Waals surface area contributed by atoms with Gasteiger partial charge in [-0.15, -0.1) is 0 Å². The Labute approximate surface area is 140 Å². The Bertz CT molecular complexity index is 726. The lowest BCUT2D eigenvalue weighted by Crippen LogP contribution is -2.60. The average molecular weight is 327 g/mol. The van der Waals surface area contributed by atoms with Crippen LogP contribution in [-0.4, -0.2) is 45.8 Å². The highest BCUT2D eigenvalue weighted by Gasteiger charge is 2.35. The van der Waals surface area contributed by atoms with E-state index in [1.807, 2.05) is 44.2 Å². The second kappa shape index (κ2) is 6.74. The highest BCUT2D eigenvalue weighted by Crippen LogP contribution is 2.17. The largest absolute Gasteiger partial charge is 0.353 e. The number of hydrogen-bond donors (Lipinski definition) is 2. The van der Waals surface area contributed by atoms with E-state index < -0.39 is 6.04 Å². The molecule has 1 unspecified atom stereocenters. The van der Waals surface area contributed by atoms with Gasteiger partial charge in [0.25, 0.3) is 0 Å². The number of nitrogens with zero attached hydrogens (tertiary/aromatic N) is 3. The zero-order chi connectivity index (χ0) is 17.1. The van der Waals surface area contributed by atoms with Crippen molar-refractivity contribution in [3.63, 3.8) is 0 Å². The Morgan fingerprint density at radius 1 is 1.33 bits per heavy atom. The van der Waals surface area contributed by atoms with Crippen molar-refractivity contribution in [1.82, 2.24) is 20.0 Å². The summed E-state index contributed by atoms with van der Waals surface area (Å²) in [7, 11) is 0. The number of carbonyl (C=O) groups excluding carboxylic acids is 2. The number of rotatable bonds is 3. The first kappa shape index (κ1) is 16.0. The molecule has 24 heavy (non-hydrogen) atoms. The number of nitrogens with one attached hydrogen (secondary N) is 2. The molecule has 3 amide bonds. The van der Waals surface area contributed by atoms with E-state index in [4.69, 9.17) is 0 Å². The topological polar surface area (TPSA) is 79.3 Å². The molecule has 7 heteroatoms. The molecule has 0 saturated carbocycles. The smallest absolute Gasteiger partial charge is 0.322 e. The summed E-state index contributed by atoms with van der Waals surface area (Å²) in [6, 6.07) is 8.91. The molecule has 3 rings (SSSR count). The van der Waals surface area contributed by atoms with Crippen LogP contribution < -0.4 is 10.6 Å². The van der Waals surface area contributed by atoms with Crippen molar-refractivity contribution in [2.75, 3.05) is 18.4 Å². The zero-order valence-electron chi connectivity index (χ0n) is 13.8. The molecule has 2 aromatic rings. The Morgan fingerprint density at radius 2 is 2.08 bits per heavy atom. The molecule has 7 nitrogen and oxygen atoms in total. The molecule has 2 N–H and O–H groups in total. The van der Waals surface area contributed by atoms with E-state index in [-0.39, 0.29) is 17.9 Å². The molecule has 1 aromatic heterocycles. The van der Waals surface area contributed by atoms with Crippen molar-refractivity contribution in [2.45, 2.75) is 19.9 Å². The number of anilines is 1. The highest BCUT2D eigenvalue weighted by atomic mass is 16.2. The predicted octanol–water partition coefficient (Wildman–Crippen LogP) is 1.86. The molecule has 1 aliphatic heterocycles. The van der Waals surface area contributed by atoms with Gasteiger partial charge >= 0.3 is 6.03 Å². The number of piperazine rings is 1. The van der Waals surface area contributed by atoms with E-state index in [1.165, 1.54) is 0 Å². The number of hydrogen-bond acceptors (Lipinski definition) is 3. The Morgan fingerprint density at radius 3 is 2.79 bits per heavy atom. The van der Waals surface area contributed by atoms with Gasteiger partial charge in [-0.2, -0.15) is 5.10 Å². The molecule has 0 aliphatic carbocycles. The quantitative estimate of drug-likeness (QED) is 0.903. The summed E-state index contributed by atoms with van der Waals surface area (Å²) in [5.41, 5.74) is 1.51. The summed E-state index contributed by atoms with van der Waals surface area (Å²) >= 11 is 0. The van der Waals surface area contributed by atoms with Gasteiger partial charge in [0.2, 0.25) is 5.91 Å². The number of para-hydroxylation sites is 1. The van der Waals surface area contributed by atoms with Gasteiger partial charge in [0.05, 0.1) is 23.8 Å². The summed E-state index contributed by atoms with van der Waals surface area (Å²) in [5.74, 6) is -0.0607. The van der Waals surface area contributed by atoms with Crippen molar-refractivity contribution in [2.24, 2.45) is 5.92 Å². The molecular weight excluding hydrogens is 306 g/mol. The molecule has 0 radical (unpaired) electrons. The average Bonchev–Trinajstić information content (AvgIpc) is 3.03. The summed E-state index contributed by atoms with van der Waals surface area (Å²) in [6.07, 6.45) is 3.35. The third kappa shape index (κ3) is 3.24. The van der Waals surface area contributed by atoms with Crippen molar-refractivity contribution in [1.29, 1.82) is 0 Å². The molecule has 2 heterocycles. The fourth-order valence-electron chi connectivity index (χ4n) is 2.88. The van der Waals surface area contributed by atoms with Gasteiger partial charge in [-0.1, -0.05) is 32.0 Å². The van der Waals surface area contributed by atoms with Gasteiger partial charge in [0.15, 0.2) is 0 Å². The number of carbonyl (C=O) groups is 2. The van der Waals surface area contributed by atoms with E-state index in [0.29, 0.717) is 18.8 Å². The van der Waals surface area contributed by atoms with Crippen LogP contribution in [0.5, 0.6) is 0 Å². The molecule has 1 atom stereocenters. The number of aromatic nitrogens is 2. The fourth-order valence-corrected chi connectivity index (χ4v) is 2.88. The van der Waals surface area contributed by atoms with Gasteiger partial charge in [-0.05, 0) is 18.1 Å². The third-order valence-corrected chi connectivity index (χ3v) is 4.00. The van der Waals surface area contributed by atoms with Crippen molar-refractivity contribution in [3.8, 4) is 5.69 Å². The summed E-state index contributed by atoms with van der Waals surface area (Å²) in [6.45, 7) is 4.83. The minimum Gasteiger partial charge on any atom is -0.353 e. The maximum atomic E-state index is 12.6. The molecule has 1 saturated heterocycles. The normalized spacial score (nSPS) is 17.7. The first-order valence-corrected chi connectivity index (χ1v) is 8.01. The van der Waals surface area contributed by atoms with Gasteiger partial charge < -0.3 is 15.5 Å². The lowest BCUT2D eigenvalue weighted by atomic mass is 10.00. The summed E-state index contributed by atoms with van der Waals surface area (Å²) in [5, 5.41) is 9.90. The second-order valence-corrected chi connectivity index (χ2v) is 6.11. The van der Waals surface area contributed by atoms with Gasteiger partial charge in [-0.25, -0.2) is 9.48 Å². The second-order valence-electron chi connectivity index (χ2n) is 6.11. The maximum absolute atomic E-state index is 12.6. The zero-order valence-corrected chi connectivity index (χ0v) is 13.8. The van der Waals surface area contributed by atoms with E-state index >= 15 is 0 Å². The molecule has 1 fully saturated rings. The number of amides is 3. The van der Waals surface area contributed by atoms with Crippen LogP contribution in [0.4, 0.5) is 10.5 Å². The van der Waals surface area contributed by atoms with Crippen LogP contribution >= 0.6 is 0 Å². The van der Waals surface area contributed by atoms with Crippen LogP contribution in [0, 0.1) is 5.92 Å². The first-order chi connectivity index (χ1) is 11.6. The van der Waals surface area contributed by atoms with Crippen molar-refractivity contribution < 1.29 is 9.59 Å². The van der Waals surface area contributed by atoms with Gasteiger partial charge in [0.1, 0.15) is 6.04 Å². The molecular formula is C17H21N5O2. The summed E-state index contributed by atoms with van der Waals surface area (Å²) in [4.78, 5) is 26.2. The van der Waals surface area contributed by atoms with Gasteiger partial charge in [0, 0.05) is 13.1 Å². The minimum absolute atomic E-state index is 0.0445. The predicted molar refractivity (Wildman–Crippen MR) is 90.9 cm³/mol. The lowest BCUT2D eigenvalue weighted by molar-refractivity contribution is -0.129. The first-order valence-electron chi connectivity index (χ1n) is 8.01. The van der Waals surface area contributed by atoms with Crippen molar-refractivity contribution in [3.05, 3.63) is 42.7 Å². The SMILES string of the molecule is CC(C)C1C(=O)NCCN1C(=O)Nc1cnn(-c2ccccc2)c1. The molecule has 1 aliphatic rings. The van der Waals surface area contributed by atoms with E-state index in [9.17, 15) is 9.59 Å². The minimum atomic E-state index is -0.456. The standard InChI is InChI=1S/C17H21N5O2/c1-12(2)15-16(23)18-8-9-21(15)17(24)20-13-10-19-22(11-13)14-6-4-3-5-7-14/h3-7,10-12,15H,8-9H2,1-2H3,(H,18,23)(H,20,24). The van der Waals surface area contributed by atoms with Gasteiger partial charge in [-0.3, -0.25) is 4.79 Å². The molecule has 0 spiro atoms. The van der Waals surface area contributed by atoms with Crippen LogP contribution in [0.2, 0.25) is 0 Å². The number of urea groups is 1. The Kier molecular flexibility index (Phi) is 4.50. The van der Waals surface area contributed by atoms with E-state index in [2.05, 4.69) is 15.7 Å².